The van der Waals surface area contributed by atoms with Gasteiger partial charge in [0.05, 0.1) is 5.56 Å². The van der Waals surface area contributed by atoms with E-state index in [9.17, 15) is 4.79 Å². The number of carbonyl (C=O) groups excluding carboxylic acids is 1. The summed E-state index contributed by atoms with van der Waals surface area (Å²) in [6.45, 7) is 4.16. The quantitative estimate of drug-likeness (QED) is 0.437. The lowest BCUT2D eigenvalue weighted by Gasteiger charge is -2.11. The van der Waals surface area contributed by atoms with Crippen molar-refractivity contribution in [3.8, 4) is 5.75 Å². The van der Waals surface area contributed by atoms with Crippen molar-refractivity contribution in [3.63, 3.8) is 0 Å². The summed E-state index contributed by atoms with van der Waals surface area (Å²) < 4.78 is 5.63. The van der Waals surface area contributed by atoms with Crippen molar-refractivity contribution in [3.05, 3.63) is 54.1 Å². The van der Waals surface area contributed by atoms with E-state index in [1.165, 1.54) is 0 Å². The number of aldehydes is 1. The van der Waals surface area contributed by atoms with E-state index >= 15 is 0 Å². The van der Waals surface area contributed by atoms with Crippen LogP contribution in [0.5, 0.6) is 5.75 Å². The van der Waals surface area contributed by atoms with Gasteiger partial charge in [-0.2, -0.15) is 0 Å². The molecule has 0 amide bonds. The molecule has 0 atom stereocenters. The number of hydrogen-bond acceptors (Lipinski definition) is 2. The van der Waals surface area contributed by atoms with Gasteiger partial charge < -0.3 is 4.74 Å². The van der Waals surface area contributed by atoms with Crippen LogP contribution in [0.1, 0.15) is 15.9 Å². The molecule has 1 aromatic rings. The van der Waals surface area contributed by atoms with Crippen LogP contribution in [-0.2, 0) is 6.42 Å². The van der Waals surface area contributed by atoms with Crippen molar-refractivity contribution in [2.24, 2.45) is 0 Å². The third-order valence-corrected chi connectivity index (χ3v) is 2.57. The number of halogens is 1. The largest absolute Gasteiger partial charge is 0.488 e. The number of para-hydroxylation sites is 1. The summed E-state index contributed by atoms with van der Waals surface area (Å²) in [4.78, 5) is 10.9. The summed E-state index contributed by atoms with van der Waals surface area (Å²) in [5.74, 6) is 0.654. The van der Waals surface area contributed by atoms with Crippen molar-refractivity contribution in [1.29, 1.82) is 0 Å². The molecule has 0 aromatic heterocycles. The number of carbonyl (C=O) groups is 1. The van der Waals surface area contributed by atoms with Crippen molar-refractivity contribution >= 4 is 22.2 Å². The number of benzene rings is 1. The second-order valence-corrected chi connectivity index (χ2v) is 4.03. The highest BCUT2D eigenvalue weighted by molar-refractivity contribution is 9.09. The standard InChI is InChI=1S/C14H15BrO2/c1-2-6-12-7-5-8-13(11-16)14(12)17-10-4-3-9-15/h2-5,7-8,11H,1,6,9-10H2/b4-3+. The van der Waals surface area contributed by atoms with Crippen LogP contribution in [-0.4, -0.2) is 18.2 Å². The van der Waals surface area contributed by atoms with Gasteiger partial charge in [0.2, 0.25) is 0 Å². The van der Waals surface area contributed by atoms with E-state index in [0.29, 0.717) is 24.3 Å². The van der Waals surface area contributed by atoms with Crippen LogP contribution in [0.2, 0.25) is 0 Å². The zero-order valence-corrected chi connectivity index (χ0v) is 11.2. The molecular formula is C14H15BrO2. The number of hydrogen-bond donors (Lipinski definition) is 0. The van der Waals surface area contributed by atoms with E-state index < -0.39 is 0 Å². The Hall–Kier alpha value is -1.35. The molecule has 1 rings (SSSR count). The van der Waals surface area contributed by atoms with Crippen LogP contribution in [0.15, 0.2) is 43.0 Å². The maximum atomic E-state index is 10.9. The fourth-order valence-corrected chi connectivity index (χ4v) is 1.72. The number of allylic oxidation sites excluding steroid dienone is 2. The molecule has 2 nitrogen and oxygen atoms in total. The van der Waals surface area contributed by atoms with Crippen molar-refractivity contribution < 1.29 is 9.53 Å². The Morgan fingerprint density at radius 1 is 1.35 bits per heavy atom. The van der Waals surface area contributed by atoms with Gasteiger partial charge in [-0.15, -0.1) is 6.58 Å². The van der Waals surface area contributed by atoms with Gasteiger partial charge in [0.1, 0.15) is 12.4 Å². The Balaban J connectivity index is 2.88. The van der Waals surface area contributed by atoms with Crippen LogP contribution in [0.25, 0.3) is 0 Å². The topological polar surface area (TPSA) is 26.3 Å². The molecule has 1 aromatic carbocycles. The molecule has 0 aliphatic carbocycles. The molecule has 0 N–H and O–H groups in total. The molecule has 0 saturated heterocycles. The number of alkyl halides is 1. The van der Waals surface area contributed by atoms with E-state index in [1.54, 1.807) is 12.1 Å². The van der Waals surface area contributed by atoms with Gasteiger partial charge in [-0.05, 0) is 18.1 Å². The average Bonchev–Trinajstić information content (AvgIpc) is 2.36. The van der Waals surface area contributed by atoms with Gasteiger partial charge >= 0.3 is 0 Å². The normalized spacial score (nSPS) is 10.4. The van der Waals surface area contributed by atoms with E-state index in [-0.39, 0.29) is 0 Å². The summed E-state index contributed by atoms with van der Waals surface area (Å²) in [6.07, 6.45) is 7.17. The van der Waals surface area contributed by atoms with E-state index in [2.05, 4.69) is 22.5 Å². The Kier molecular flexibility index (Phi) is 6.33. The number of ether oxygens (including phenoxy) is 1. The molecule has 0 saturated carbocycles. The van der Waals surface area contributed by atoms with Crippen LogP contribution >= 0.6 is 15.9 Å². The van der Waals surface area contributed by atoms with Crippen LogP contribution in [0, 0.1) is 0 Å². The molecule has 3 heteroatoms. The predicted octanol–water partition coefficient (Wildman–Crippen LogP) is 3.56. The van der Waals surface area contributed by atoms with Gasteiger partial charge in [0, 0.05) is 5.33 Å². The Morgan fingerprint density at radius 3 is 2.82 bits per heavy atom. The van der Waals surface area contributed by atoms with E-state index in [1.807, 2.05) is 24.3 Å². The zero-order valence-electron chi connectivity index (χ0n) is 9.56. The molecule has 17 heavy (non-hydrogen) atoms. The summed E-state index contributed by atoms with van der Waals surface area (Å²) in [6, 6.07) is 5.55. The predicted molar refractivity (Wildman–Crippen MR) is 74.2 cm³/mol. The fourth-order valence-electron chi connectivity index (χ4n) is 1.45. The molecular weight excluding hydrogens is 280 g/mol. The van der Waals surface area contributed by atoms with Crippen molar-refractivity contribution in [2.45, 2.75) is 6.42 Å². The molecule has 90 valence electrons. The van der Waals surface area contributed by atoms with Crippen molar-refractivity contribution in [2.75, 3.05) is 11.9 Å². The minimum atomic E-state index is 0.459. The van der Waals surface area contributed by atoms with Gasteiger partial charge in [0.25, 0.3) is 0 Å². The lowest BCUT2D eigenvalue weighted by Crippen LogP contribution is -2.01. The Morgan fingerprint density at radius 2 is 2.18 bits per heavy atom. The molecule has 0 aliphatic rings. The second kappa shape index (κ2) is 7.85. The molecule has 0 fully saturated rings. The van der Waals surface area contributed by atoms with Crippen LogP contribution in [0.4, 0.5) is 0 Å². The van der Waals surface area contributed by atoms with Crippen LogP contribution in [0.3, 0.4) is 0 Å². The fraction of sp³-hybridized carbons (Fsp3) is 0.214. The third kappa shape index (κ3) is 4.19. The maximum Gasteiger partial charge on any atom is 0.153 e. The van der Waals surface area contributed by atoms with Crippen LogP contribution < -0.4 is 4.74 Å². The molecule has 0 aliphatic heterocycles. The molecule has 0 spiro atoms. The summed E-state index contributed by atoms with van der Waals surface area (Å²) in [5, 5.41) is 0.797. The molecule has 0 unspecified atom stereocenters. The smallest absolute Gasteiger partial charge is 0.153 e. The SMILES string of the molecule is C=CCc1cccc(C=O)c1OC/C=C/CBr. The number of rotatable bonds is 7. The van der Waals surface area contributed by atoms with E-state index in [4.69, 9.17) is 4.74 Å². The van der Waals surface area contributed by atoms with Gasteiger partial charge in [-0.3, -0.25) is 4.79 Å². The van der Waals surface area contributed by atoms with Crippen molar-refractivity contribution in [1.82, 2.24) is 0 Å². The Labute approximate surface area is 110 Å². The first-order valence-electron chi connectivity index (χ1n) is 5.35. The Bertz CT molecular complexity index is 411. The highest BCUT2D eigenvalue weighted by atomic mass is 79.9. The highest BCUT2D eigenvalue weighted by Gasteiger charge is 2.07. The monoisotopic (exact) mass is 294 g/mol. The lowest BCUT2D eigenvalue weighted by molar-refractivity contribution is 0.112. The summed E-state index contributed by atoms with van der Waals surface area (Å²) in [5.41, 5.74) is 1.56. The highest BCUT2D eigenvalue weighted by Crippen LogP contribution is 2.23. The third-order valence-electron chi connectivity index (χ3n) is 2.20. The lowest BCUT2D eigenvalue weighted by atomic mass is 10.1. The first-order valence-corrected chi connectivity index (χ1v) is 6.47. The second-order valence-electron chi connectivity index (χ2n) is 3.38. The minimum absolute atomic E-state index is 0.459. The molecule has 0 radical (unpaired) electrons. The van der Waals surface area contributed by atoms with Gasteiger partial charge in [-0.25, -0.2) is 0 Å². The summed E-state index contributed by atoms with van der Waals surface area (Å²) in [7, 11) is 0. The average molecular weight is 295 g/mol. The first-order chi connectivity index (χ1) is 8.33. The maximum absolute atomic E-state index is 10.9. The zero-order chi connectivity index (χ0) is 12.5. The van der Waals surface area contributed by atoms with Gasteiger partial charge in [-0.1, -0.05) is 46.3 Å². The van der Waals surface area contributed by atoms with Gasteiger partial charge in [0.15, 0.2) is 6.29 Å². The molecule has 0 bridgehead atoms. The first kappa shape index (κ1) is 13.7. The summed E-state index contributed by atoms with van der Waals surface area (Å²) >= 11 is 3.29. The van der Waals surface area contributed by atoms with E-state index in [0.717, 1.165) is 17.2 Å². The molecule has 0 heterocycles. The minimum Gasteiger partial charge on any atom is -0.488 e.